The van der Waals surface area contributed by atoms with Gasteiger partial charge in [-0.15, -0.1) is 0 Å². The van der Waals surface area contributed by atoms with Crippen molar-refractivity contribution in [2.75, 3.05) is 5.75 Å². The molecule has 7 heteroatoms. The van der Waals surface area contributed by atoms with Gasteiger partial charge >= 0.3 is 5.97 Å². The molecule has 2 aromatic rings. The predicted octanol–water partition coefficient (Wildman–Crippen LogP) is 1.46. The number of carboxylic acids is 1. The molecule has 19 heavy (non-hydrogen) atoms. The largest absolute Gasteiger partial charge is 0.481 e. The quantitative estimate of drug-likeness (QED) is 0.839. The van der Waals surface area contributed by atoms with Crippen molar-refractivity contribution in [3.8, 4) is 0 Å². The first-order chi connectivity index (χ1) is 8.97. The average Bonchev–Trinajstić information content (AvgIpc) is 2.82. The lowest BCUT2D eigenvalue weighted by molar-refractivity contribution is -0.133. The van der Waals surface area contributed by atoms with Crippen molar-refractivity contribution in [2.45, 2.75) is 25.5 Å². The summed E-state index contributed by atoms with van der Waals surface area (Å²) in [5.74, 6) is -0.822. The second-order valence-electron chi connectivity index (χ2n) is 4.36. The highest BCUT2D eigenvalue weighted by Crippen LogP contribution is 2.20. The third-order valence-corrected chi connectivity index (χ3v) is 3.76. The molecule has 0 radical (unpaired) electrons. The molecule has 0 saturated heterocycles. The van der Waals surface area contributed by atoms with Crippen molar-refractivity contribution < 1.29 is 9.90 Å². The lowest BCUT2D eigenvalue weighted by atomic mass is 10.2. The van der Waals surface area contributed by atoms with Crippen LogP contribution in [-0.4, -0.2) is 36.2 Å². The number of aliphatic carboxylic acids is 1. The minimum Gasteiger partial charge on any atom is -0.481 e. The molecule has 0 bridgehead atoms. The highest BCUT2D eigenvalue weighted by molar-refractivity contribution is 7.99. The van der Waals surface area contributed by atoms with Crippen LogP contribution in [0.1, 0.15) is 17.0 Å². The van der Waals surface area contributed by atoms with Crippen molar-refractivity contribution in [1.29, 1.82) is 0 Å². The van der Waals surface area contributed by atoms with Gasteiger partial charge in [0.2, 0.25) is 0 Å². The van der Waals surface area contributed by atoms with E-state index in [0.717, 1.165) is 22.1 Å². The molecule has 0 aromatic carbocycles. The summed E-state index contributed by atoms with van der Waals surface area (Å²) in [5, 5.41) is 13.8. The molecule has 102 valence electrons. The summed E-state index contributed by atoms with van der Waals surface area (Å²) < 4.78 is 3.79. The molecule has 0 atom stereocenters. The van der Waals surface area contributed by atoms with E-state index >= 15 is 0 Å². The number of carbonyl (C=O) groups is 1. The standard InChI is InChI=1S/C12H16N4O2S/c1-8-4-13-12(19-7-11(17)18)16(8)6-10-5-15(3)14-9(10)2/h4-5H,6-7H2,1-3H3,(H,17,18). The Labute approximate surface area is 115 Å². The van der Waals surface area contributed by atoms with E-state index in [-0.39, 0.29) is 5.75 Å². The van der Waals surface area contributed by atoms with E-state index in [9.17, 15) is 4.79 Å². The molecule has 0 fully saturated rings. The molecule has 0 aliphatic heterocycles. The fraction of sp³-hybridized carbons (Fsp3) is 0.417. The number of carboxylic acid groups (broad SMARTS) is 1. The van der Waals surface area contributed by atoms with Gasteiger partial charge in [0.25, 0.3) is 0 Å². The van der Waals surface area contributed by atoms with Crippen LogP contribution in [0.3, 0.4) is 0 Å². The monoisotopic (exact) mass is 280 g/mol. The predicted molar refractivity (Wildman–Crippen MR) is 72.4 cm³/mol. The number of hydrogen-bond donors (Lipinski definition) is 1. The topological polar surface area (TPSA) is 72.9 Å². The number of aromatic nitrogens is 4. The fourth-order valence-electron chi connectivity index (χ4n) is 1.85. The Morgan fingerprint density at radius 1 is 1.47 bits per heavy atom. The molecule has 0 unspecified atom stereocenters. The van der Waals surface area contributed by atoms with Crippen molar-refractivity contribution in [2.24, 2.45) is 7.05 Å². The molecule has 2 aromatic heterocycles. The maximum atomic E-state index is 10.6. The van der Waals surface area contributed by atoms with Crippen LogP contribution >= 0.6 is 11.8 Å². The second kappa shape index (κ2) is 5.48. The summed E-state index contributed by atoms with van der Waals surface area (Å²) in [7, 11) is 1.89. The van der Waals surface area contributed by atoms with Crippen LogP contribution in [0, 0.1) is 13.8 Å². The molecule has 0 saturated carbocycles. The zero-order valence-electron chi connectivity index (χ0n) is 11.1. The Bertz CT molecular complexity index is 603. The molecular formula is C12H16N4O2S. The summed E-state index contributed by atoms with van der Waals surface area (Å²) in [6.45, 7) is 4.59. The lowest BCUT2D eigenvalue weighted by Gasteiger charge is -2.08. The number of aryl methyl sites for hydroxylation is 3. The number of thioether (sulfide) groups is 1. The van der Waals surface area contributed by atoms with E-state index in [1.165, 1.54) is 11.8 Å². The SMILES string of the molecule is Cc1nn(C)cc1Cn1c(C)cnc1SCC(=O)O. The first-order valence-corrected chi connectivity index (χ1v) is 6.81. The van der Waals surface area contributed by atoms with Gasteiger partial charge < -0.3 is 9.67 Å². The third-order valence-electron chi connectivity index (χ3n) is 2.79. The zero-order chi connectivity index (χ0) is 14.0. The van der Waals surface area contributed by atoms with E-state index in [1.54, 1.807) is 10.9 Å². The van der Waals surface area contributed by atoms with Crippen LogP contribution in [-0.2, 0) is 18.4 Å². The number of imidazole rings is 1. The molecule has 2 heterocycles. The van der Waals surface area contributed by atoms with Crippen LogP contribution in [0.5, 0.6) is 0 Å². The zero-order valence-corrected chi connectivity index (χ0v) is 11.9. The summed E-state index contributed by atoms with van der Waals surface area (Å²) in [4.78, 5) is 14.9. The Morgan fingerprint density at radius 3 is 2.79 bits per heavy atom. The van der Waals surface area contributed by atoms with Crippen molar-refractivity contribution in [3.05, 3.63) is 29.3 Å². The van der Waals surface area contributed by atoms with E-state index in [4.69, 9.17) is 5.11 Å². The van der Waals surface area contributed by atoms with E-state index in [0.29, 0.717) is 6.54 Å². The lowest BCUT2D eigenvalue weighted by Crippen LogP contribution is -2.06. The van der Waals surface area contributed by atoms with Crippen LogP contribution in [0.15, 0.2) is 17.6 Å². The van der Waals surface area contributed by atoms with E-state index in [2.05, 4.69) is 10.1 Å². The molecule has 0 amide bonds. The minimum atomic E-state index is -0.838. The molecule has 0 aliphatic carbocycles. The van der Waals surface area contributed by atoms with Crippen LogP contribution < -0.4 is 0 Å². The summed E-state index contributed by atoms with van der Waals surface area (Å²) in [6, 6.07) is 0. The Kier molecular flexibility index (Phi) is 3.94. The Balaban J connectivity index is 2.21. The summed E-state index contributed by atoms with van der Waals surface area (Å²) in [5.41, 5.74) is 3.10. The smallest absolute Gasteiger partial charge is 0.313 e. The molecular weight excluding hydrogens is 264 g/mol. The van der Waals surface area contributed by atoms with Gasteiger partial charge in [-0.05, 0) is 13.8 Å². The minimum absolute atomic E-state index is 0.0163. The van der Waals surface area contributed by atoms with Gasteiger partial charge in [-0.1, -0.05) is 11.8 Å². The van der Waals surface area contributed by atoms with Crippen molar-refractivity contribution in [1.82, 2.24) is 19.3 Å². The molecule has 6 nitrogen and oxygen atoms in total. The first-order valence-electron chi connectivity index (χ1n) is 5.83. The van der Waals surface area contributed by atoms with E-state index in [1.807, 2.05) is 31.7 Å². The van der Waals surface area contributed by atoms with Gasteiger partial charge in [0, 0.05) is 30.7 Å². The van der Waals surface area contributed by atoms with Crippen LogP contribution in [0.2, 0.25) is 0 Å². The Morgan fingerprint density at radius 2 is 2.21 bits per heavy atom. The molecule has 1 N–H and O–H groups in total. The highest BCUT2D eigenvalue weighted by atomic mass is 32.2. The third kappa shape index (κ3) is 3.17. The molecule has 0 aliphatic rings. The van der Waals surface area contributed by atoms with Gasteiger partial charge in [0.15, 0.2) is 5.16 Å². The number of rotatable bonds is 5. The highest BCUT2D eigenvalue weighted by Gasteiger charge is 2.12. The molecule has 0 spiro atoms. The average molecular weight is 280 g/mol. The van der Waals surface area contributed by atoms with Crippen LogP contribution in [0.4, 0.5) is 0 Å². The second-order valence-corrected chi connectivity index (χ2v) is 5.31. The number of hydrogen-bond acceptors (Lipinski definition) is 4. The summed E-state index contributed by atoms with van der Waals surface area (Å²) >= 11 is 1.23. The maximum Gasteiger partial charge on any atom is 0.313 e. The van der Waals surface area contributed by atoms with Gasteiger partial charge in [0.1, 0.15) is 0 Å². The van der Waals surface area contributed by atoms with Crippen LogP contribution in [0.25, 0.3) is 0 Å². The van der Waals surface area contributed by atoms with Gasteiger partial charge in [-0.2, -0.15) is 5.10 Å². The Hall–Kier alpha value is -1.76. The normalized spacial score (nSPS) is 10.9. The first kappa shape index (κ1) is 13.7. The van der Waals surface area contributed by atoms with E-state index < -0.39 is 5.97 Å². The van der Waals surface area contributed by atoms with Gasteiger partial charge in [-0.3, -0.25) is 9.48 Å². The van der Waals surface area contributed by atoms with Gasteiger partial charge in [-0.25, -0.2) is 4.98 Å². The number of nitrogens with zero attached hydrogens (tertiary/aromatic N) is 4. The van der Waals surface area contributed by atoms with Gasteiger partial charge in [0.05, 0.1) is 18.0 Å². The van der Waals surface area contributed by atoms with Crippen molar-refractivity contribution in [3.63, 3.8) is 0 Å². The maximum absolute atomic E-state index is 10.6. The molecule has 2 rings (SSSR count). The fourth-order valence-corrected chi connectivity index (χ4v) is 2.59. The van der Waals surface area contributed by atoms with Crippen molar-refractivity contribution >= 4 is 17.7 Å². The summed E-state index contributed by atoms with van der Waals surface area (Å²) in [6.07, 6.45) is 3.73.